The van der Waals surface area contributed by atoms with Gasteiger partial charge in [-0.25, -0.2) is 0 Å². The zero-order valence-corrected chi connectivity index (χ0v) is 18.0. The van der Waals surface area contributed by atoms with Crippen LogP contribution in [0.25, 0.3) is 0 Å². The number of halogens is 3. The smallest absolute Gasteiger partial charge is 0.252 e. The first-order chi connectivity index (χ1) is 12.0. The van der Waals surface area contributed by atoms with E-state index in [1.165, 1.54) is 9.80 Å². The van der Waals surface area contributed by atoms with Crippen LogP contribution in [0.2, 0.25) is 10.0 Å². The van der Waals surface area contributed by atoms with Gasteiger partial charge >= 0.3 is 0 Å². The van der Waals surface area contributed by atoms with Gasteiger partial charge in [0.1, 0.15) is 5.54 Å². The number of anilines is 1. The van der Waals surface area contributed by atoms with E-state index in [0.29, 0.717) is 32.2 Å². The standard InChI is InChI=1S/C19H21BrCl2N2O2/c1-13(6-7-14(2)20)11-19(3,23(4)12-25)18(26)24(5)17-9-15(21)8-16(22)10-17/h6-10,12H,1-2,11H2,3-5H3/b7-6-/t19-/m1/s1. The number of carbonyl (C=O) groups is 2. The normalized spacial score (nSPS) is 13.2. The fourth-order valence-corrected chi connectivity index (χ4v) is 3.03. The van der Waals surface area contributed by atoms with Gasteiger partial charge in [-0.1, -0.05) is 63.9 Å². The van der Waals surface area contributed by atoms with Gasteiger partial charge in [0.05, 0.1) is 0 Å². The summed E-state index contributed by atoms with van der Waals surface area (Å²) in [5.74, 6) is -0.294. The van der Waals surface area contributed by atoms with E-state index in [9.17, 15) is 9.59 Å². The number of rotatable bonds is 8. The fourth-order valence-electron chi connectivity index (χ4n) is 2.39. The van der Waals surface area contributed by atoms with Crippen molar-refractivity contribution < 1.29 is 9.59 Å². The minimum atomic E-state index is -1.14. The number of allylic oxidation sites excluding steroid dienone is 3. The molecule has 1 atom stereocenters. The summed E-state index contributed by atoms with van der Waals surface area (Å²) in [7, 11) is 3.17. The van der Waals surface area contributed by atoms with Gasteiger partial charge in [-0.05, 0) is 31.2 Å². The Kier molecular flexibility index (Phi) is 8.13. The molecule has 0 aliphatic rings. The van der Waals surface area contributed by atoms with E-state index in [-0.39, 0.29) is 12.3 Å². The summed E-state index contributed by atoms with van der Waals surface area (Å²) in [5.41, 5.74) is 0.0704. The highest BCUT2D eigenvalue weighted by atomic mass is 79.9. The molecule has 0 bridgehead atoms. The molecule has 0 radical (unpaired) electrons. The van der Waals surface area contributed by atoms with E-state index in [1.807, 2.05) is 0 Å². The molecule has 4 nitrogen and oxygen atoms in total. The van der Waals surface area contributed by atoms with Gasteiger partial charge in [-0.15, -0.1) is 0 Å². The number of carbonyl (C=O) groups excluding carboxylic acids is 2. The number of hydrogen-bond acceptors (Lipinski definition) is 2. The highest BCUT2D eigenvalue weighted by Crippen LogP contribution is 2.30. The predicted octanol–water partition coefficient (Wildman–Crippen LogP) is 5.21. The van der Waals surface area contributed by atoms with Gasteiger partial charge < -0.3 is 9.80 Å². The Bertz CT molecular complexity index is 744. The van der Waals surface area contributed by atoms with Crippen molar-refractivity contribution in [3.8, 4) is 0 Å². The Morgan fingerprint density at radius 3 is 2.19 bits per heavy atom. The van der Waals surface area contributed by atoms with E-state index in [1.54, 1.807) is 51.4 Å². The molecule has 26 heavy (non-hydrogen) atoms. The van der Waals surface area contributed by atoms with Gasteiger partial charge in [-0.2, -0.15) is 0 Å². The lowest BCUT2D eigenvalue weighted by molar-refractivity contribution is -0.136. The Hall–Kier alpha value is -1.56. The maximum Gasteiger partial charge on any atom is 0.252 e. The molecule has 0 saturated carbocycles. The topological polar surface area (TPSA) is 40.6 Å². The molecule has 1 aromatic rings. The van der Waals surface area contributed by atoms with Crippen LogP contribution in [0.15, 0.2) is 53.6 Å². The molecule has 1 aromatic carbocycles. The van der Waals surface area contributed by atoms with Crippen LogP contribution in [0.4, 0.5) is 5.69 Å². The minimum Gasteiger partial charge on any atom is -0.334 e. The van der Waals surface area contributed by atoms with Gasteiger partial charge in [-0.3, -0.25) is 9.59 Å². The molecule has 0 heterocycles. The first-order valence-corrected chi connectivity index (χ1v) is 9.19. The summed E-state index contributed by atoms with van der Waals surface area (Å²) < 4.78 is 0.682. The van der Waals surface area contributed by atoms with E-state index < -0.39 is 5.54 Å². The Labute approximate surface area is 172 Å². The molecule has 7 heteroatoms. The van der Waals surface area contributed by atoms with Gasteiger partial charge in [0.15, 0.2) is 0 Å². The second-order valence-electron chi connectivity index (χ2n) is 6.10. The van der Waals surface area contributed by atoms with Crippen LogP contribution in [-0.4, -0.2) is 36.9 Å². The molecule has 0 spiro atoms. The molecular weight excluding hydrogens is 439 g/mol. The fraction of sp³-hybridized carbons (Fsp3) is 0.263. The van der Waals surface area contributed by atoms with Gasteiger partial charge in [0, 0.05) is 40.7 Å². The van der Waals surface area contributed by atoms with Crippen molar-refractivity contribution in [2.45, 2.75) is 18.9 Å². The maximum atomic E-state index is 13.2. The van der Waals surface area contributed by atoms with Crippen LogP contribution in [0.1, 0.15) is 13.3 Å². The number of likely N-dealkylation sites (N-methyl/N-ethyl adjacent to an activating group) is 2. The zero-order chi connectivity index (χ0) is 20.1. The summed E-state index contributed by atoms with van der Waals surface area (Å²) in [4.78, 5) is 27.4. The van der Waals surface area contributed by atoms with Crippen molar-refractivity contribution in [1.29, 1.82) is 0 Å². The van der Waals surface area contributed by atoms with Crippen LogP contribution in [0.3, 0.4) is 0 Å². The Balaban J connectivity index is 3.21. The van der Waals surface area contributed by atoms with E-state index in [4.69, 9.17) is 23.2 Å². The van der Waals surface area contributed by atoms with Crippen molar-refractivity contribution in [3.05, 3.63) is 63.6 Å². The van der Waals surface area contributed by atoms with Gasteiger partial charge in [0.2, 0.25) is 6.41 Å². The van der Waals surface area contributed by atoms with Crippen molar-refractivity contribution in [2.75, 3.05) is 19.0 Å². The third-order valence-corrected chi connectivity index (χ3v) is 4.71. The summed E-state index contributed by atoms with van der Waals surface area (Å²) in [5, 5.41) is 0.835. The first-order valence-electron chi connectivity index (χ1n) is 7.64. The predicted molar refractivity (Wildman–Crippen MR) is 113 cm³/mol. The molecule has 0 unspecified atom stereocenters. The number of hydrogen-bond donors (Lipinski definition) is 0. The Morgan fingerprint density at radius 1 is 1.19 bits per heavy atom. The second kappa shape index (κ2) is 9.40. The van der Waals surface area contributed by atoms with E-state index >= 15 is 0 Å². The van der Waals surface area contributed by atoms with Crippen LogP contribution in [-0.2, 0) is 9.59 Å². The lowest BCUT2D eigenvalue weighted by Crippen LogP contribution is -2.55. The quantitative estimate of drug-likeness (QED) is 0.395. The molecular formula is C19H21BrCl2N2O2. The number of nitrogens with zero attached hydrogens (tertiary/aromatic N) is 2. The first kappa shape index (κ1) is 22.5. The van der Waals surface area contributed by atoms with E-state index in [2.05, 4.69) is 29.1 Å². The molecule has 0 fully saturated rings. The highest BCUT2D eigenvalue weighted by Gasteiger charge is 2.39. The lowest BCUT2D eigenvalue weighted by atomic mass is 9.90. The van der Waals surface area contributed by atoms with Crippen LogP contribution in [0, 0.1) is 0 Å². The van der Waals surface area contributed by atoms with Crippen molar-refractivity contribution in [3.63, 3.8) is 0 Å². The second-order valence-corrected chi connectivity index (χ2v) is 7.99. The minimum absolute atomic E-state index is 0.247. The monoisotopic (exact) mass is 458 g/mol. The SMILES string of the molecule is C=C(Br)/C=C\C(=C)C[C@](C)(C(=O)N(C)c1cc(Cl)cc(Cl)c1)N(C)C=O. The molecule has 0 N–H and O–H groups in total. The molecule has 0 aliphatic carbocycles. The molecule has 0 saturated heterocycles. The summed E-state index contributed by atoms with van der Waals surface area (Å²) in [6.07, 6.45) is 4.35. The van der Waals surface area contributed by atoms with Gasteiger partial charge in [0.25, 0.3) is 5.91 Å². The summed E-state index contributed by atoms with van der Waals surface area (Å²) in [6, 6.07) is 4.86. The van der Waals surface area contributed by atoms with Crippen molar-refractivity contribution in [1.82, 2.24) is 4.90 Å². The van der Waals surface area contributed by atoms with Crippen LogP contribution in [0.5, 0.6) is 0 Å². The molecule has 1 rings (SSSR count). The summed E-state index contributed by atoms with van der Waals surface area (Å²) in [6.45, 7) is 9.37. The third-order valence-electron chi connectivity index (χ3n) is 4.01. The molecule has 140 valence electrons. The molecule has 0 aromatic heterocycles. The molecule has 0 aliphatic heterocycles. The highest BCUT2D eigenvalue weighted by molar-refractivity contribution is 9.11. The lowest BCUT2D eigenvalue weighted by Gasteiger charge is -2.38. The number of amides is 2. The largest absolute Gasteiger partial charge is 0.334 e. The molecule has 2 amide bonds. The average molecular weight is 460 g/mol. The summed E-state index contributed by atoms with van der Waals surface area (Å²) >= 11 is 15.3. The number of benzene rings is 1. The third kappa shape index (κ3) is 5.73. The van der Waals surface area contributed by atoms with Crippen molar-refractivity contribution in [2.24, 2.45) is 0 Å². The Morgan fingerprint density at radius 2 is 1.73 bits per heavy atom. The van der Waals surface area contributed by atoms with E-state index in [0.717, 1.165) is 0 Å². The average Bonchev–Trinajstić information content (AvgIpc) is 2.56. The van der Waals surface area contributed by atoms with Crippen molar-refractivity contribution >= 4 is 57.1 Å². The van der Waals surface area contributed by atoms with Crippen LogP contribution >= 0.6 is 39.1 Å². The van der Waals surface area contributed by atoms with Crippen LogP contribution < -0.4 is 4.90 Å². The maximum absolute atomic E-state index is 13.2. The zero-order valence-electron chi connectivity index (χ0n) is 14.9.